The number of hydrogen-bond acceptors (Lipinski definition) is 4. The smallest absolute Gasteiger partial charge is 0.145 e. The van der Waals surface area contributed by atoms with E-state index in [0.717, 1.165) is 23.6 Å². The molecule has 0 aliphatic carbocycles. The second-order valence-corrected chi connectivity index (χ2v) is 4.01. The molecule has 1 heterocycles. The minimum atomic E-state index is -0.107. The first-order chi connectivity index (χ1) is 8.77. The summed E-state index contributed by atoms with van der Waals surface area (Å²) in [7, 11) is 0. The summed E-state index contributed by atoms with van der Waals surface area (Å²) in [5.74, 6) is 0.775. The molecule has 0 saturated carbocycles. The average Bonchev–Trinajstić information content (AvgIpc) is 2.77. The van der Waals surface area contributed by atoms with Crippen LogP contribution < -0.4 is 4.74 Å². The summed E-state index contributed by atoms with van der Waals surface area (Å²) in [4.78, 5) is 0. The monoisotopic (exact) mass is 247 g/mol. The van der Waals surface area contributed by atoms with E-state index in [1.165, 1.54) is 0 Å². The standard InChI is InChI=1S/C13H17N3O2/c1-3-8-18-13-7-5-4-6-12(13)16-10(2)11(9-17)14-15-16/h4-7,17H,3,8-9H2,1-2H3. The lowest BCUT2D eigenvalue weighted by Gasteiger charge is -2.11. The number of aliphatic hydroxyl groups excluding tert-OH is 1. The topological polar surface area (TPSA) is 60.2 Å². The van der Waals surface area contributed by atoms with Crippen LogP contribution in [0.4, 0.5) is 0 Å². The maximum Gasteiger partial charge on any atom is 0.145 e. The Labute approximate surface area is 106 Å². The lowest BCUT2D eigenvalue weighted by atomic mass is 10.2. The van der Waals surface area contributed by atoms with Crippen LogP contribution in [0.25, 0.3) is 5.69 Å². The van der Waals surface area contributed by atoms with Crippen LogP contribution in [0.5, 0.6) is 5.75 Å². The Hall–Kier alpha value is -1.88. The Balaban J connectivity index is 2.40. The molecule has 0 spiro atoms. The normalized spacial score (nSPS) is 10.6. The second kappa shape index (κ2) is 5.64. The third-order valence-electron chi connectivity index (χ3n) is 2.70. The molecule has 0 saturated heterocycles. The zero-order chi connectivity index (χ0) is 13.0. The van der Waals surface area contributed by atoms with E-state index in [0.29, 0.717) is 12.3 Å². The second-order valence-electron chi connectivity index (χ2n) is 4.01. The highest BCUT2D eigenvalue weighted by Crippen LogP contribution is 2.23. The van der Waals surface area contributed by atoms with Crippen molar-refractivity contribution in [2.24, 2.45) is 0 Å². The van der Waals surface area contributed by atoms with Gasteiger partial charge in [0.05, 0.1) is 18.9 Å². The summed E-state index contributed by atoms with van der Waals surface area (Å²) >= 11 is 0. The lowest BCUT2D eigenvalue weighted by molar-refractivity contribution is 0.276. The van der Waals surface area contributed by atoms with E-state index in [1.54, 1.807) is 4.68 Å². The Kier molecular flexibility index (Phi) is 3.94. The van der Waals surface area contributed by atoms with Crippen LogP contribution in [0.2, 0.25) is 0 Å². The fraction of sp³-hybridized carbons (Fsp3) is 0.385. The highest BCUT2D eigenvalue weighted by atomic mass is 16.5. The quantitative estimate of drug-likeness (QED) is 0.876. The first-order valence-electron chi connectivity index (χ1n) is 6.02. The number of para-hydroxylation sites is 2. The number of hydrogen-bond donors (Lipinski definition) is 1. The molecule has 5 heteroatoms. The van der Waals surface area contributed by atoms with Gasteiger partial charge in [-0.05, 0) is 25.5 Å². The van der Waals surface area contributed by atoms with Gasteiger partial charge in [-0.3, -0.25) is 0 Å². The molecular weight excluding hydrogens is 230 g/mol. The van der Waals surface area contributed by atoms with Crippen LogP contribution in [0, 0.1) is 6.92 Å². The minimum Gasteiger partial charge on any atom is -0.491 e. The SMILES string of the molecule is CCCOc1ccccc1-n1nnc(CO)c1C. The van der Waals surface area contributed by atoms with Gasteiger partial charge in [-0.2, -0.15) is 0 Å². The minimum absolute atomic E-state index is 0.107. The van der Waals surface area contributed by atoms with Crippen LogP contribution >= 0.6 is 0 Å². The van der Waals surface area contributed by atoms with E-state index in [1.807, 2.05) is 31.2 Å². The molecule has 2 rings (SSSR count). The first kappa shape index (κ1) is 12.6. The number of rotatable bonds is 5. The molecule has 0 fully saturated rings. The van der Waals surface area contributed by atoms with Gasteiger partial charge >= 0.3 is 0 Å². The summed E-state index contributed by atoms with van der Waals surface area (Å²) in [5, 5.41) is 17.1. The van der Waals surface area contributed by atoms with Crippen LogP contribution in [-0.4, -0.2) is 26.7 Å². The lowest BCUT2D eigenvalue weighted by Crippen LogP contribution is -2.04. The number of aromatic nitrogens is 3. The van der Waals surface area contributed by atoms with Crippen molar-refractivity contribution in [1.29, 1.82) is 0 Å². The van der Waals surface area contributed by atoms with E-state index in [2.05, 4.69) is 17.2 Å². The van der Waals surface area contributed by atoms with Crippen LogP contribution in [0.3, 0.4) is 0 Å². The molecule has 2 aromatic rings. The predicted molar refractivity (Wildman–Crippen MR) is 67.8 cm³/mol. The Bertz CT molecular complexity index is 523. The summed E-state index contributed by atoms with van der Waals surface area (Å²) in [6.45, 7) is 4.50. The van der Waals surface area contributed by atoms with Crippen molar-refractivity contribution in [2.45, 2.75) is 26.9 Å². The third-order valence-corrected chi connectivity index (χ3v) is 2.70. The molecule has 0 amide bonds. The van der Waals surface area contributed by atoms with Gasteiger partial charge in [0.15, 0.2) is 0 Å². The van der Waals surface area contributed by atoms with E-state index in [9.17, 15) is 0 Å². The summed E-state index contributed by atoms with van der Waals surface area (Å²) < 4.78 is 7.38. The highest BCUT2D eigenvalue weighted by Gasteiger charge is 2.12. The molecular formula is C13H17N3O2. The molecule has 1 N–H and O–H groups in total. The summed E-state index contributed by atoms with van der Waals surface area (Å²) in [5.41, 5.74) is 2.25. The average molecular weight is 247 g/mol. The van der Waals surface area contributed by atoms with Crippen molar-refractivity contribution >= 4 is 0 Å². The Morgan fingerprint density at radius 2 is 2.11 bits per heavy atom. The van der Waals surface area contributed by atoms with E-state index in [-0.39, 0.29) is 6.61 Å². The van der Waals surface area contributed by atoms with Gasteiger partial charge in [0.1, 0.15) is 17.1 Å². The van der Waals surface area contributed by atoms with Crippen LogP contribution in [0.15, 0.2) is 24.3 Å². The van der Waals surface area contributed by atoms with Crippen LogP contribution in [0.1, 0.15) is 24.7 Å². The number of aliphatic hydroxyl groups is 1. The predicted octanol–water partition coefficient (Wildman–Crippen LogP) is 1.86. The van der Waals surface area contributed by atoms with E-state index in [4.69, 9.17) is 9.84 Å². The number of benzene rings is 1. The van der Waals surface area contributed by atoms with Gasteiger partial charge in [0.2, 0.25) is 0 Å². The molecule has 0 unspecified atom stereocenters. The van der Waals surface area contributed by atoms with E-state index >= 15 is 0 Å². The molecule has 1 aromatic heterocycles. The van der Waals surface area contributed by atoms with Crippen LogP contribution in [-0.2, 0) is 6.61 Å². The molecule has 5 nitrogen and oxygen atoms in total. The van der Waals surface area contributed by atoms with Gasteiger partial charge in [-0.15, -0.1) is 5.10 Å². The fourth-order valence-corrected chi connectivity index (χ4v) is 1.70. The maximum absolute atomic E-state index is 9.14. The fourth-order valence-electron chi connectivity index (χ4n) is 1.70. The third kappa shape index (κ3) is 2.36. The first-order valence-corrected chi connectivity index (χ1v) is 6.02. The van der Waals surface area contributed by atoms with Gasteiger partial charge < -0.3 is 9.84 Å². The zero-order valence-electron chi connectivity index (χ0n) is 10.6. The molecule has 18 heavy (non-hydrogen) atoms. The molecule has 0 bridgehead atoms. The number of nitrogens with zero attached hydrogens (tertiary/aromatic N) is 3. The Morgan fingerprint density at radius 1 is 1.33 bits per heavy atom. The molecule has 96 valence electrons. The molecule has 0 atom stereocenters. The Morgan fingerprint density at radius 3 is 2.78 bits per heavy atom. The molecule has 0 aliphatic heterocycles. The van der Waals surface area contributed by atoms with Gasteiger partial charge in [-0.25, -0.2) is 4.68 Å². The number of ether oxygens (including phenoxy) is 1. The van der Waals surface area contributed by atoms with Gasteiger partial charge in [0.25, 0.3) is 0 Å². The van der Waals surface area contributed by atoms with Crippen molar-refractivity contribution < 1.29 is 9.84 Å². The highest BCUT2D eigenvalue weighted by molar-refractivity contribution is 5.46. The van der Waals surface area contributed by atoms with Crippen molar-refractivity contribution in [2.75, 3.05) is 6.61 Å². The van der Waals surface area contributed by atoms with Crippen molar-refractivity contribution in [3.05, 3.63) is 35.7 Å². The molecule has 0 aliphatic rings. The van der Waals surface area contributed by atoms with E-state index < -0.39 is 0 Å². The summed E-state index contributed by atoms with van der Waals surface area (Å²) in [6.07, 6.45) is 0.951. The van der Waals surface area contributed by atoms with Gasteiger partial charge in [0, 0.05) is 0 Å². The maximum atomic E-state index is 9.14. The summed E-state index contributed by atoms with van der Waals surface area (Å²) in [6, 6.07) is 7.68. The molecule has 0 radical (unpaired) electrons. The zero-order valence-corrected chi connectivity index (χ0v) is 10.6. The van der Waals surface area contributed by atoms with Crippen molar-refractivity contribution in [3.8, 4) is 11.4 Å². The molecule has 1 aromatic carbocycles. The van der Waals surface area contributed by atoms with Crippen molar-refractivity contribution in [3.63, 3.8) is 0 Å². The largest absolute Gasteiger partial charge is 0.491 e. The van der Waals surface area contributed by atoms with Gasteiger partial charge in [-0.1, -0.05) is 24.3 Å². The van der Waals surface area contributed by atoms with Crippen molar-refractivity contribution in [1.82, 2.24) is 15.0 Å².